The Morgan fingerprint density at radius 1 is 1.24 bits per heavy atom. The Morgan fingerprint density at radius 3 is 2.71 bits per heavy atom. The van der Waals surface area contributed by atoms with Crippen LogP contribution >= 0.6 is 11.6 Å². The van der Waals surface area contributed by atoms with Gasteiger partial charge in [-0.15, -0.1) is 0 Å². The molecule has 94 valence electrons. The van der Waals surface area contributed by atoms with Gasteiger partial charge in [0.25, 0.3) is 0 Å². The van der Waals surface area contributed by atoms with Crippen molar-refractivity contribution in [1.82, 2.24) is 5.32 Å². The van der Waals surface area contributed by atoms with E-state index in [4.69, 9.17) is 17.3 Å². The van der Waals surface area contributed by atoms with Gasteiger partial charge in [0, 0.05) is 17.1 Å². The molecular weight excluding hydrogens is 232 g/mol. The highest BCUT2D eigenvalue weighted by molar-refractivity contribution is 6.30. The average molecular weight is 253 g/mol. The second-order valence-corrected chi connectivity index (χ2v) is 5.39. The highest BCUT2D eigenvalue weighted by Gasteiger charge is 2.17. The Labute approximate surface area is 109 Å². The van der Waals surface area contributed by atoms with E-state index in [-0.39, 0.29) is 0 Å². The van der Waals surface area contributed by atoms with Gasteiger partial charge in [-0.05, 0) is 49.9 Å². The average Bonchev–Trinajstić information content (AvgIpc) is 2.32. The van der Waals surface area contributed by atoms with Gasteiger partial charge in [0.1, 0.15) is 0 Å². The molecule has 1 aromatic rings. The summed E-state index contributed by atoms with van der Waals surface area (Å²) in [5, 5.41) is 4.41. The van der Waals surface area contributed by atoms with Crippen LogP contribution in [0.1, 0.15) is 31.2 Å². The number of halogens is 1. The monoisotopic (exact) mass is 252 g/mol. The van der Waals surface area contributed by atoms with Crippen molar-refractivity contribution in [2.24, 2.45) is 5.73 Å². The topological polar surface area (TPSA) is 38.0 Å². The van der Waals surface area contributed by atoms with Crippen LogP contribution < -0.4 is 11.1 Å². The number of rotatable bonds is 4. The maximum Gasteiger partial charge on any atom is 0.0406 e. The van der Waals surface area contributed by atoms with Gasteiger partial charge in [-0.1, -0.05) is 30.2 Å². The van der Waals surface area contributed by atoms with E-state index in [1.807, 2.05) is 12.1 Å². The lowest BCUT2D eigenvalue weighted by molar-refractivity contribution is 0.341. The molecule has 0 aliphatic heterocycles. The van der Waals surface area contributed by atoms with Crippen molar-refractivity contribution in [1.29, 1.82) is 0 Å². The Hall–Kier alpha value is -0.570. The summed E-state index contributed by atoms with van der Waals surface area (Å²) in [7, 11) is 0. The molecule has 1 saturated carbocycles. The van der Waals surface area contributed by atoms with E-state index in [9.17, 15) is 0 Å². The number of hydrogen-bond donors (Lipinski definition) is 2. The van der Waals surface area contributed by atoms with Crippen molar-refractivity contribution in [3.63, 3.8) is 0 Å². The highest BCUT2D eigenvalue weighted by Crippen LogP contribution is 2.17. The van der Waals surface area contributed by atoms with Gasteiger partial charge < -0.3 is 11.1 Å². The van der Waals surface area contributed by atoms with Crippen LogP contribution in [0.5, 0.6) is 0 Å². The van der Waals surface area contributed by atoms with Crippen LogP contribution in [0.3, 0.4) is 0 Å². The van der Waals surface area contributed by atoms with E-state index >= 15 is 0 Å². The molecular formula is C14H21ClN2. The molecule has 2 atom stereocenters. The molecule has 0 saturated heterocycles. The maximum absolute atomic E-state index is 5.97. The lowest BCUT2D eigenvalue weighted by Crippen LogP contribution is -2.40. The van der Waals surface area contributed by atoms with Crippen molar-refractivity contribution >= 4 is 11.6 Å². The fourth-order valence-corrected chi connectivity index (χ4v) is 2.61. The van der Waals surface area contributed by atoms with Gasteiger partial charge in [-0.2, -0.15) is 0 Å². The Kier molecular flexibility index (Phi) is 4.84. The number of nitrogens with two attached hydrogens (primary N) is 1. The Morgan fingerprint density at radius 2 is 2.00 bits per heavy atom. The SMILES string of the molecule is NC1CCCC(NCCc2ccc(Cl)cc2)C1. The van der Waals surface area contributed by atoms with Gasteiger partial charge in [0.05, 0.1) is 0 Å². The highest BCUT2D eigenvalue weighted by atomic mass is 35.5. The molecule has 0 bridgehead atoms. The van der Waals surface area contributed by atoms with E-state index in [0.717, 1.165) is 24.4 Å². The molecule has 1 fully saturated rings. The molecule has 1 aliphatic rings. The summed E-state index contributed by atoms with van der Waals surface area (Å²) in [6.45, 7) is 1.03. The molecule has 0 aromatic heterocycles. The van der Waals surface area contributed by atoms with Crippen molar-refractivity contribution in [3.8, 4) is 0 Å². The van der Waals surface area contributed by atoms with Crippen LogP contribution in [0.2, 0.25) is 5.02 Å². The summed E-state index contributed by atoms with van der Waals surface area (Å²) in [6.07, 6.45) is 5.91. The lowest BCUT2D eigenvalue weighted by atomic mass is 9.91. The molecule has 0 radical (unpaired) electrons. The van der Waals surface area contributed by atoms with Crippen LogP contribution in [0.25, 0.3) is 0 Å². The molecule has 1 aliphatic carbocycles. The van der Waals surface area contributed by atoms with E-state index < -0.39 is 0 Å². The third kappa shape index (κ3) is 4.30. The van der Waals surface area contributed by atoms with Gasteiger partial charge in [-0.25, -0.2) is 0 Å². The normalized spacial score (nSPS) is 24.8. The van der Waals surface area contributed by atoms with E-state index in [0.29, 0.717) is 12.1 Å². The minimum Gasteiger partial charge on any atom is -0.328 e. The zero-order chi connectivity index (χ0) is 12.1. The summed E-state index contributed by atoms with van der Waals surface area (Å²) in [6, 6.07) is 9.11. The Balaban J connectivity index is 1.70. The zero-order valence-corrected chi connectivity index (χ0v) is 10.9. The largest absolute Gasteiger partial charge is 0.328 e. The summed E-state index contributed by atoms with van der Waals surface area (Å²) >= 11 is 5.85. The molecule has 2 unspecified atom stereocenters. The molecule has 0 heterocycles. The first kappa shape index (κ1) is 12.9. The molecule has 0 amide bonds. The van der Waals surface area contributed by atoms with Crippen molar-refractivity contribution in [2.75, 3.05) is 6.54 Å². The predicted molar refractivity (Wildman–Crippen MR) is 73.4 cm³/mol. The van der Waals surface area contributed by atoms with Crippen molar-refractivity contribution < 1.29 is 0 Å². The summed E-state index contributed by atoms with van der Waals surface area (Å²) < 4.78 is 0. The van der Waals surface area contributed by atoms with E-state index in [2.05, 4.69) is 17.4 Å². The van der Waals surface area contributed by atoms with E-state index in [1.54, 1.807) is 0 Å². The van der Waals surface area contributed by atoms with Gasteiger partial charge in [0.15, 0.2) is 0 Å². The van der Waals surface area contributed by atoms with Gasteiger partial charge in [-0.3, -0.25) is 0 Å². The van der Waals surface area contributed by atoms with Gasteiger partial charge in [0.2, 0.25) is 0 Å². The fraction of sp³-hybridized carbons (Fsp3) is 0.571. The van der Waals surface area contributed by atoms with Gasteiger partial charge >= 0.3 is 0 Å². The zero-order valence-electron chi connectivity index (χ0n) is 10.2. The summed E-state index contributed by atoms with van der Waals surface area (Å²) in [5.74, 6) is 0. The standard InChI is InChI=1S/C14H21ClN2/c15-12-6-4-11(5-7-12)8-9-17-14-3-1-2-13(16)10-14/h4-7,13-14,17H,1-3,8-10,16H2. The Bertz CT molecular complexity index is 337. The third-order valence-electron chi connectivity index (χ3n) is 3.47. The maximum atomic E-state index is 5.97. The molecule has 1 aromatic carbocycles. The second kappa shape index (κ2) is 6.39. The summed E-state index contributed by atoms with van der Waals surface area (Å²) in [5.41, 5.74) is 7.31. The van der Waals surface area contributed by atoms with Crippen molar-refractivity contribution in [2.45, 2.75) is 44.2 Å². The summed E-state index contributed by atoms with van der Waals surface area (Å²) in [4.78, 5) is 0. The van der Waals surface area contributed by atoms with Crippen LogP contribution in [-0.2, 0) is 6.42 Å². The first-order valence-corrected chi connectivity index (χ1v) is 6.85. The molecule has 3 heteroatoms. The molecule has 3 N–H and O–H groups in total. The minimum absolute atomic E-state index is 0.400. The predicted octanol–water partition coefficient (Wildman–Crippen LogP) is 2.74. The van der Waals surface area contributed by atoms with Crippen LogP contribution in [0, 0.1) is 0 Å². The van der Waals surface area contributed by atoms with Crippen molar-refractivity contribution in [3.05, 3.63) is 34.9 Å². The molecule has 17 heavy (non-hydrogen) atoms. The smallest absolute Gasteiger partial charge is 0.0406 e. The molecule has 2 rings (SSSR count). The molecule has 2 nitrogen and oxygen atoms in total. The van der Waals surface area contributed by atoms with Crippen LogP contribution in [-0.4, -0.2) is 18.6 Å². The second-order valence-electron chi connectivity index (χ2n) is 4.95. The quantitative estimate of drug-likeness (QED) is 0.865. The lowest BCUT2D eigenvalue weighted by Gasteiger charge is -2.27. The van der Waals surface area contributed by atoms with E-state index in [1.165, 1.54) is 24.8 Å². The number of benzene rings is 1. The molecule has 0 spiro atoms. The first-order chi connectivity index (χ1) is 8.24. The third-order valence-corrected chi connectivity index (χ3v) is 3.73. The number of hydrogen-bond acceptors (Lipinski definition) is 2. The minimum atomic E-state index is 0.400. The van der Waals surface area contributed by atoms with Crippen LogP contribution in [0.15, 0.2) is 24.3 Å². The fourth-order valence-electron chi connectivity index (χ4n) is 2.48. The first-order valence-electron chi connectivity index (χ1n) is 6.47. The van der Waals surface area contributed by atoms with Crippen LogP contribution in [0.4, 0.5) is 0 Å². The number of nitrogens with one attached hydrogen (secondary N) is 1.